The van der Waals surface area contributed by atoms with E-state index in [1.807, 2.05) is 6.07 Å². The van der Waals surface area contributed by atoms with E-state index in [0.717, 1.165) is 19.3 Å². The Balaban J connectivity index is 2.24. The minimum atomic E-state index is -3.52. The maximum absolute atomic E-state index is 12.6. The second-order valence-electron chi connectivity index (χ2n) is 5.94. The van der Waals surface area contributed by atoms with E-state index in [4.69, 9.17) is 5.26 Å². The topological polar surface area (TPSA) is 70.0 Å². The summed E-state index contributed by atoms with van der Waals surface area (Å²) in [5.74, 6) is 0.362. The third kappa shape index (κ3) is 3.84. The highest BCUT2D eigenvalue weighted by molar-refractivity contribution is 7.89. The molecule has 0 amide bonds. The van der Waals surface area contributed by atoms with Gasteiger partial charge in [0.05, 0.1) is 16.5 Å². The molecule has 21 heavy (non-hydrogen) atoms. The Morgan fingerprint density at radius 2 is 1.95 bits per heavy atom. The predicted octanol–water partition coefficient (Wildman–Crippen LogP) is 3.11. The Morgan fingerprint density at radius 3 is 2.62 bits per heavy atom. The van der Waals surface area contributed by atoms with Gasteiger partial charge in [0.1, 0.15) is 0 Å². The van der Waals surface area contributed by atoms with Crippen LogP contribution in [-0.4, -0.2) is 14.5 Å². The first-order valence-corrected chi connectivity index (χ1v) is 8.95. The van der Waals surface area contributed by atoms with Gasteiger partial charge in [-0.05, 0) is 49.4 Å². The van der Waals surface area contributed by atoms with Gasteiger partial charge in [0.2, 0.25) is 10.0 Å². The van der Waals surface area contributed by atoms with Crippen LogP contribution in [0.2, 0.25) is 0 Å². The van der Waals surface area contributed by atoms with E-state index in [2.05, 4.69) is 11.6 Å². The van der Waals surface area contributed by atoms with Gasteiger partial charge in [-0.15, -0.1) is 0 Å². The van der Waals surface area contributed by atoms with Crippen LogP contribution in [0.1, 0.15) is 50.2 Å². The molecule has 0 bridgehead atoms. The fourth-order valence-corrected chi connectivity index (χ4v) is 4.56. The first-order valence-electron chi connectivity index (χ1n) is 7.47. The van der Waals surface area contributed by atoms with Gasteiger partial charge in [-0.3, -0.25) is 0 Å². The average molecular weight is 306 g/mol. The van der Waals surface area contributed by atoms with Crippen molar-refractivity contribution in [2.75, 3.05) is 0 Å². The molecule has 1 N–H and O–H groups in total. The van der Waals surface area contributed by atoms with Crippen molar-refractivity contribution in [2.45, 2.75) is 56.9 Å². The van der Waals surface area contributed by atoms with Crippen molar-refractivity contribution in [1.82, 2.24) is 4.72 Å². The first kappa shape index (κ1) is 16.0. The van der Waals surface area contributed by atoms with Crippen molar-refractivity contribution >= 4 is 10.0 Å². The molecule has 1 aliphatic carbocycles. The van der Waals surface area contributed by atoms with Gasteiger partial charge in [-0.1, -0.05) is 26.2 Å². The zero-order chi connectivity index (χ0) is 15.5. The Labute approximate surface area is 127 Å². The molecule has 0 saturated heterocycles. The molecule has 0 radical (unpaired) electrons. The highest BCUT2D eigenvalue weighted by atomic mass is 32.2. The highest BCUT2D eigenvalue weighted by Crippen LogP contribution is 2.25. The number of nitrogens with zero attached hydrogens (tertiary/aromatic N) is 1. The summed E-state index contributed by atoms with van der Waals surface area (Å²) in [7, 11) is -3.52. The third-order valence-corrected chi connectivity index (χ3v) is 5.91. The van der Waals surface area contributed by atoms with Crippen LogP contribution < -0.4 is 4.72 Å². The second kappa shape index (κ2) is 6.59. The van der Waals surface area contributed by atoms with Crippen molar-refractivity contribution in [3.05, 3.63) is 29.3 Å². The molecule has 0 aromatic heterocycles. The van der Waals surface area contributed by atoms with E-state index >= 15 is 0 Å². The first-order chi connectivity index (χ1) is 9.94. The van der Waals surface area contributed by atoms with Crippen LogP contribution in [0.4, 0.5) is 0 Å². The summed E-state index contributed by atoms with van der Waals surface area (Å²) in [6.45, 7) is 3.84. The number of benzene rings is 1. The molecule has 0 heterocycles. The van der Waals surface area contributed by atoms with E-state index in [1.165, 1.54) is 18.9 Å². The number of nitriles is 1. The second-order valence-corrected chi connectivity index (χ2v) is 7.62. The van der Waals surface area contributed by atoms with Crippen LogP contribution in [0.3, 0.4) is 0 Å². The molecule has 114 valence electrons. The summed E-state index contributed by atoms with van der Waals surface area (Å²) in [6, 6.07) is 6.73. The Kier molecular flexibility index (Phi) is 5.02. The van der Waals surface area contributed by atoms with Crippen LogP contribution in [-0.2, 0) is 10.0 Å². The molecule has 1 aromatic carbocycles. The lowest BCUT2D eigenvalue weighted by atomic mass is 9.98. The van der Waals surface area contributed by atoms with E-state index in [0.29, 0.717) is 17.0 Å². The molecule has 1 aliphatic rings. The van der Waals surface area contributed by atoms with E-state index in [-0.39, 0.29) is 10.9 Å². The van der Waals surface area contributed by atoms with Crippen molar-refractivity contribution in [3.63, 3.8) is 0 Å². The number of hydrogen-bond donors (Lipinski definition) is 1. The Hall–Kier alpha value is -1.38. The molecule has 0 spiro atoms. The van der Waals surface area contributed by atoms with Crippen LogP contribution >= 0.6 is 0 Å². The van der Waals surface area contributed by atoms with E-state index in [1.54, 1.807) is 19.1 Å². The molecule has 1 fully saturated rings. The molecule has 2 unspecified atom stereocenters. The molecule has 2 atom stereocenters. The summed E-state index contributed by atoms with van der Waals surface area (Å²) < 4.78 is 28.0. The fourth-order valence-electron chi connectivity index (χ4n) is 2.95. The SMILES string of the molecule is Cc1cc(C#N)ccc1S(=O)(=O)NC1CCCCCC1C. The molecule has 2 rings (SSSR count). The smallest absolute Gasteiger partial charge is 0.208 e. The quantitative estimate of drug-likeness (QED) is 0.872. The minimum Gasteiger partial charge on any atom is -0.208 e. The molecule has 5 heteroatoms. The number of nitrogens with one attached hydrogen (secondary N) is 1. The molecule has 0 aliphatic heterocycles. The lowest BCUT2D eigenvalue weighted by molar-refractivity contribution is 0.399. The fraction of sp³-hybridized carbons (Fsp3) is 0.562. The molecular weight excluding hydrogens is 284 g/mol. The van der Waals surface area contributed by atoms with Crippen LogP contribution in [0.15, 0.2) is 23.1 Å². The monoisotopic (exact) mass is 306 g/mol. The van der Waals surface area contributed by atoms with E-state index in [9.17, 15) is 8.42 Å². The van der Waals surface area contributed by atoms with Gasteiger partial charge in [0.15, 0.2) is 0 Å². The van der Waals surface area contributed by atoms with Crippen molar-refractivity contribution in [3.8, 4) is 6.07 Å². The lowest BCUT2D eigenvalue weighted by Crippen LogP contribution is -2.39. The maximum atomic E-state index is 12.6. The zero-order valence-corrected chi connectivity index (χ0v) is 13.4. The van der Waals surface area contributed by atoms with Gasteiger partial charge < -0.3 is 0 Å². The zero-order valence-electron chi connectivity index (χ0n) is 12.6. The normalized spacial score (nSPS) is 23.3. The summed E-state index contributed by atoms with van der Waals surface area (Å²) in [5, 5.41) is 8.87. The van der Waals surface area contributed by atoms with Gasteiger partial charge >= 0.3 is 0 Å². The Morgan fingerprint density at radius 1 is 1.24 bits per heavy atom. The standard InChI is InChI=1S/C16H22N2O2S/c1-12-6-4-3-5-7-15(12)18-21(19,20)16-9-8-14(11-17)10-13(16)2/h8-10,12,15,18H,3-7H2,1-2H3. The van der Waals surface area contributed by atoms with Crippen molar-refractivity contribution in [2.24, 2.45) is 5.92 Å². The van der Waals surface area contributed by atoms with Gasteiger partial charge in [-0.25, -0.2) is 13.1 Å². The van der Waals surface area contributed by atoms with Crippen LogP contribution in [0.25, 0.3) is 0 Å². The van der Waals surface area contributed by atoms with Gasteiger partial charge in [-0.2, -0.15) is 5.26 Å². The molecular formula is C16H22N2O2S. The van der Waals surface area contributed by atoms with Crippen molar-refractivity contribution in [1.29, 1.82) is 5.26 Å². The summed E-state index contributed by atoms with van der Waals surface area (Å²) >= 11 is 0. The summed E-state index contributed by atoms with van der Waals surface area (Å²) in [5.41, 5.74) is 1.09. The summed E-state index contributed by atoms with van der Waals surface area (Å²) in [6.07, 6.45) is 5.40. The molecule has 1 saturated carbocycles. The number of aryl methyl sites for hydroxylation is 1. The molecule has 1 aromatic rings. The molecule has 4 nitrogen and oxygen atoms in total. The van der Waals surface area contributed by atoms with Gasteiger partial charge in [0, 0.05) is 6.04 Å². The largest absolute Gasteiger partial charge is 0.241 e. The van der Waals surface area contributed by atoms with Gasteiger partial charge in [0.25, 0.3) is 0 Å². The van der Waals surface area contributed by atoms with Crippen molar-refractivity contribution < 1.29 is 8.42 Å². The third-order valence-electron chi connectivity index (χ3n) is 4.26. The number of hydrogen-bond acceptors (Lipinski definition) is 3. The minimum absolute atomic E-state index is 0.00698. The highest BCUT2D eigenvalue weighted by Gasteiger charge is 2.26. The predicted molar refractivity (Wildman–Crippen MR) is 82.3 cm³/mol. The average Bonchev–Trinajstić information content (AvgIpc) is 2.63. The Bertz CT molecular complexity index is 647. The van der Waals surface area contributed by atoms with E-state index < -0.39 is 10.0 Å². The lowest BCUT2D eigenvalue weighted by Gasteiger charge is -2.23. The van der Waals surface area contributed by atoms with Crippen LogP contribution in [0, 0.1) is 24.2 Å². The van der Waals surface area contributed by atoms with Crippen LogP contribution in [0.5, 0.6) is 0 Å². The number of rotatable bonds is 3. The number of sulfonamides is 1. The maximum Gasteiger partial charge on any atom is 0.241 e. The summed E-state index contributed by atoms with van der Waals surface area (Å²) in [4.78, 5) is 0.276.